The Hall–Kier alpha value is -1.51. The highest BCUT2D eigenvalue weighted by Gasteiger charge is 2.45. The van der Waals surface area contributed by atoms with Crippen LogP contribution >= 0.6 is 12.2 Å². The van der Waals surface area contributed by atoms with Gasteiger partial charge in [-0.05, 0) is 37.3 Å². The lowest BCUT2D eigenvalue weighted by molar-refractivity contribution is 0.304. The number of nitriles is 1. The number of hydrogen-bond donors (Lipinski definition) is 2. The molecule has 2 aliphatic heterocycles. The summed E-state index contributed by atoms with van der Waals surface area (Å²) in [5.74, 6) is 0. The van der Waals surface area contributed by atoms with E-state index in [1.54, 1.807) is 12.4 Å². The third-order valence-corrected chi connectivity index (χ3v) is 4.55. The summed E-state index contributed by atoms with van der Waals surface area (Å²) in [5, 5.41) is 13.3. The Morgan fingerprint density at radius 1 is 1.42 bits per heavy atom. The molecule has 0 unspecified atom stereocenters. The Balaban J connectivity index is 2.01. The highest BCUT2D eigenvalue weighted by molar-refractivity contribution is 7.80. The van der Waals surface area contributed by atoms with Gasteiger partial charge in [0.1, 0.15) is 4.99 Å². The molecule has 98 valence electrons. The predicted octanol–water partition coefficient (Wildman–Crippen LogP) is 1.39. The molecule has 2 saturated heterocycles. The highest BCUT2D eigenvalue weighted by Crippen LogP contribution is 2.42. The monoisotopic (exact) mass is 272 g/mol. The van der Waals surface area contributed by atoms with Crippen LogP contribution in [0.1, 0.15) is 36.8 Å². The molecule has 0 radical (unpaired) electrons. The van der Waals surface area contributed by atoms with Crippen LogP contribution in [-0.2, 0) is 5.41 Å². The fourth-order valence-electron chi connectivity index (χ4n) is 3.38. The number of hydrogen-bond acceptors (Lipinski definition) is 4. The van der Waals surface area contributed by atoms with Gasteiger partial charge in [-0.25, -0.2) is 0 Å². The Labute approximate surface area is 118 Å². The van der Waals surface area contributed by atoms with Gasteiger partial charge in [-0.3, -0.25) is 4.98 Å². The minimum absolute atomic E-state index is 0.333. The van der Waals surface area contributed by atoms with E-state index < -0.39 is 5.41 Å². The molecule has 0 aromatic carbocycles. The van der Waals surface area contributed by atoms with Gasteiger partial charge in [-0.15, -0.1) is 0 Å². The summed E-state index contributed by atoms with van der Waals surface area (Å²) in [4.78, 5) is 4.54. The van der Waals surface area contributed by atoms with Crippen LogP contribution < -0.4 is 11.1 Å². The number of nitrogens with one attached hydrogen (secondary N) is 1. The van der Waals surface area contributed by atoms with Crippen LogP contribution in [0.25, 0.3) is 0 Å². The molecule has 0 spiro atoms. The summed E-state index contributed by atoms with van der Waals surface area (Å²) in [6.45, 7) is 0. The average molecular weight is 272 g/mol. The van der Waals surface area contributed by atoms with E-state index in [1.165, 1.54) is 0 Å². The molecule has 5 heteroatoms. The third kappa shape index (κ3) is 2.11. The van der Waals surface area contributed by atoms with Gasteiger partial charge in [-0.1, -0.05) is 12.2 Å². The first-order chi connectivity index (χ1) is 9.13. The standard InChI is InChI=1S/C14H16N4S/c15-8-14(4-11-1-2-12(5-14)18-11)10-3-9(13(16)19)6-17-7-10/h3,6-7,11-12,18H,1-2,4-5H2,(H2,16,19)/t11-,12+,14-. The van der Waals surface area contributed by atoms with Crippen LogP contribution in [0.3, 0.4) is 0 Å². The Bertz CT molecular complexity index is 551. The van der Waals surface area contributed by atoms with Crippen molar-refractivity contribution in [1.82, 2.24) is 10.3 Å². The summed E-state index contributed by atoms with van der Waals surface area (Å²) in [5.41, 5.74) is 6.92. The smallest absolute Gasteiger partial charge is 0.105 e. The molecule has 19 heavy (non-hydrogen) atoms. The second-order valence-electron chi connectivity index (χ2n) is 5.57. The predicted molar refractivity (Wildman–Crippen MR) is 76.6 cm³/mol. The summed E-state index contributed by atoms with van der Waals surface area (Å²) in [7, 11) is 0. The minimum atomic E-state index is -0.440. The van der Waals surface area contributed by atoms with Gasteiger partial charge in [-0.2, -0.15) is 5.26 Å². The maximum Gasteiger partial charge on any atom is 0.105 e. The fourth-order valence-corrected chi connectivity index (χ4v) is 3.49. The van der Waals surface area contributed by atoms with Crippen molar-refractivity contribution in [3.63, 3.8) is 0 Å². The third-order valence-electron chi connectivity index (χ3n) is 4.31. The normalized spacial score (nSPS) is 32.8. The molecule has 1 aromatic heterocycles. The van der Waals surface area contributed by atoms with Crippen molar-refractivity contribution in [3.05, 3.63) is 29.6 Å². The number of nitrogens with zero attached hydrogens (tertiary/aromatic N) is 2. The highest BCUT2D eigenvalue weighted by atomic mass is 32.1. The molecule has 3 N–H and O–H groups in total. The largest absolute Gasteiger partial charge is 0.389 e. The first kappa shape index (κ1) is 12.5. The zero-order chi connectivity index (χ0) is 13.5. The lowest BCUT2D eigenvalue weighted by atomic mass is 9.72. The van der Waals surface area contributed by atoms with Crippen molar-refractivity contribution in [2.75, 3.05) is 0 Å². The van der Waals surface area contributed by atoms with E-state index in [0.29, 0.717) is 17.1 Å². The lowest BCUT2D eigenvalue weighted by Gasteiger charge is -2.36. The zero-order valence-electron chi connectivity index (χ0n) is 10.6. The molecule has 0 saturated carbocycles. The van der Waals surface area contributed by atoms with E-state index >= 15 is 0 Å². The fraction of sp³-hybridized carbons (Fsp3) is 0.500. The SMILES string of the molecule is N#C[C@@]1(c2cncc(C(N)=S)c2)C[C@H]2CC[C@@H](C1)N2. The van der Waals surface area contributed by atoms with Crippen molar-refractivity contribution < 1.29 is 0 Å². The number of rotatable bonds is 2. The molecule has 1 aromatic rings. The summed E-state index contributed by atoms with van der Waals surface area (Å²) < 4.78 is 0. The number of thiocarbonyl (C=S) groups is 1. The molecule has 4 nitrogen and oxygen atoms in total. The molecular weight excluding hydrogens is 256 g/mol. The maximum atomic E-state index is 9.72. The number of nitrogens with two attached hydrogens (primary N) is 1. The second kappa shape index (κ2) is 4.55. The quantitative estimate of drug-likeness (QED) is 0.796. The molecule has 2 aliphatic rings. The van der Waals surface area contributed by atoms with Crippen molar-refractivity contribution in [2.24, 2.45) is 5.73 Å². The molecule has 3 atom stereocenters. The zero-order valence-corrected chi connectivity index (χ0v) is 11.4. The second-order valence-corrected chi connectivity index (χ2v) is 6.01. The summed E-state index contributed by atoms with van der Waals surface area (Å²) >= 11 is 5.00. The number of pyridine rings is 1. The maximum absolute atomic E-state index is 9.72. The van der Waals surface area contributed by atoms with E-state index in [1.807, 2.05) is 6.07 Å². The Morgan fingerprint density at radius 2 is 2.11 bits per heavy atom. The van der Waals surface area contributed by atoms with Gasteiger partial charge in [0.25, 0.3) is 0 Å². The van der Waals surface area contributed by atoms with Crippen LogP contribution in [-0.4, -0.2) is 22.1 Å². The Kier molecular flexibility index (Phi) is 3.00. The minimum Gasteiger partial charge on any atom is -0.389 e. The van der Waals surface area contributed by atoms with Crippen LogP contribution in [0.4, 0.5) is 0 Å². The van der Waals surface area contributed by atoms with E-state index in [4.69, 9.17) is 18.0 Å². The molecule has 0 aliphatic carbocycles. The number of piperidine rings is 1. The van der Waals surface area contributed by atoms with Crippen LogP contribution in [0, 0.1) is 11.3 Å². The number of fused-ring (bicyclic) bond motifs is 2. The first-order valence-corrected chi connectivity index (χ1v) is 6.96. The lowest BCUT2D eigenvalue weighted by Crippen LogP contribution is -2.46. The average Bonchev–Trinajstić information content (AvgIpc) is 2.78. The van der Waals surface area contributed by atoms with Crippen molar-refractivity contribution in [1.29, 1.82) is 5.26 Å². The van der Waals surface area contributed by atoms with Crippen molar-refractivity contribution in [3.8, 4) is 6.07 Å². The summed E-state index contributed by atoms with van der Waals surface area (Å²) in [6.07, 6.45) is 7.47. The molecule has 2 fully saturated rings. The van der Waals surface area contributed by atoms with Gasteiger partial charge >= 0.3 is 0 Å². The molecule has 3 heterocycles. The molecule has 0 amide bonds. The first-order valence-electron chi connectivity index (χ1n) is 6.55. The molecular formula is C14H16N4S. The van der Waals surface area contributed by atoms with E-state index in [0.717, 1.165) is 36.8 Å². The summed E-state index contributed by atoms with van der Waals surface area (Å²) in [6, 6.07) is 5.37. The van der Waals surface area contributed by atoms with Gasteiger partial charge < -0.3 is 11.1 Å². The van der Waals surface area contributed by atoms with Crippen LogP contribution in [0.2, 0.25) is 0 Å². The topological polar surface area (TPSA) is 74.7 Å². The van der Waals surface area contributed by atoms with Gasteiger partial charge in [0.05, 0.1) is 11.5 Å². The van der Waals surface area contributed by atoms with E-state index in [9.17, 15) is 5.26 Å². The van der Waals surface area contributed by atoms with E-state index in [2.05, 4.69) is 16.4 Å². The van der Waals surface area contributed by atoms with Gasteiger partial charge in [0.15, 0.2) is 0 Å². The van der Waals surface area contributed by atoms with Crippen LogP contribution in [0.5, 0.6) is 0 Å². The number of aromatic nitrogens is 1. The van der Waals surface area contributed by atoms with Crippen LogP contribution in [0.15, 0.2) is 18.5 Å². The van der Waals surface area contributed by atoms with E-state index in [-0.39, 0.29) is 0 Å². The van der Waals surface area contributed by atoms with Crippen molar-refractivity contribution in [2.45, 2.75) is 43.2 Å². The van der Waals surface area contributed by atoms with Crippen molar-refractivity contribution >= 4 is 17.2 Å². The molecule has 3 rings (SSSR count). The molecule has 2 bridgehead atoms. The van der Waals surface area contributed by atoms with Gasteiger partial charge in [0.2, 0.25) is 0 Å². The van der Waals surface area contributed by atoms with Gasteiger partial charge in [0, 0.05) is 30.0 Å². The Morgan fingerprint density at radius 3 is 2.68 bits per heavy atom.